The van der Waals surface area contributed by atoms with Crippen LogP contribution in [0, 0.1) is 0 Å². The number of aliphatic carboxylic acids is 1. The van der Waals surface area contributed by atoms with Crippen LogP contribution in [0.1, 0.15) is 99.7 Å². The molecule has 0 aliphatic heterocycles. The van der Waals surface area contributed by atoms with E-state index in [0.29, 0.717) is 6.42 Å². The molecule has 0 rings (SSSR count). The molecule has 140 valence electrons. The van der Waals surface area contributed by atoms with Crippen molar-refractivity contribution in [1.82, 2.24) is 4.90 Å². The molecule has 1 amide bonds. The number of carboxylic acid groups (broad SMARTS) is 1. The third-order valence-electron chi connectivity index (χ3n) is 4.29. The molecule has 0 aromatic carbocycles. The van der Waals surface area contributed by atoms with Crippen LogP contribution >= 0.6 is 0 Å². The molecule has 0 aliphatic rings. The predicted octanol–water partition coefficient (Wildman–Crippen LogP) is 4.85. The summed E-state index contributed by atoms with van der Waals surface area (Å²) in [5.74, 6) is -1.01. The van der Waals surface area contributed by atoms with Crippen LogP contribution in [-0.4, -0.2) is 58.5 Å². The smallest absolute Gasteiger partial charge is 1.00 e. The van der Waals surface area contributed by atoms with Gasteiger partial charge in [-0.05, 0) is 6.42 Å². The quantitative estimate of drug-likeness (QED) is 0.318. The Hall–Kier alpha value is -0.294. The molecular weight excluding hydrogens is 315 g/mol. The van der Waals surface area contributed by atoms with Crippen molar-refractivity contribution < 1.29 is 17.5 Å². The summed E-state index contributed by atoms with van der Waals surface area (Å²) in [7, 11) is 1.55. The third kappa shape index (κ3) is 18.1. The van der Waals surface area contributed by atoms with Crippen LogP contribution in [0.5, 0.6) is 0 Å². The molecule has 0 aliphatic carbocycles. The Morgan fingerprint density at radius 1 is 0.792 bits per heavy atom. The van der Waals surface area contributed by atoms with Crippen molar-refractivity contribution >= 4 is 34.9 Å². The van der Waals surface area contributed by atoms with Gasteiger partial charge in [-0.2, -0.15) is 0 Å². The van der Waals surface area contributed by atoms with Gasteiger partial charge in [0.25, 0.3) is 0 Å². The zero-order valence-electron chi connectivity index (χ0n) is 18.0. The van der Waals surface area contributed by atoms with Gasteiger partial charge in [0.2, 0.25) is 5.91 Å². The molecule has 0 saturated heterocycles. The molecule has 0 heterocycles. The van der Waals surface area contributed by atoms with E-state index in [1.54, 1.807) is 7.05 Å². The molecule has 0 spiro atoms. The van der Waals surface area contributed by atoms with E-state index >= 15 is 0 Å². The van der Waals surface area contributed by atoms with Gasteiger partial charge < -0.3 is 12.9 Å². The molecule has 1 N–H and O–H groups in total. The Morgan fingerprint density at radius 2 is 1.17 bits per heavy atom. The summed E-state index contributed by atoms with van der Waals surface area (Å²) in [5, 5.41) is 8.62. The summed E-state index contributed by atoms with van der Waals surface area (Å²) in [4.78, 5) is 23.4. The van der Waals surface area contributed by atoms with Gasteiger partial charge in [0.15, 0.2) is 0 Å². The topological polar surface area (TPSA) is 57.6 Å². The van der Waals surface area contributed by atoms with Crippen LogP contribution < -0.4 is 0 Å². The van der Waals surface area contributed by atoms with Crippen molar-refractivity contribution in [3.05, 3.63) is 0 Å². The van der Waals surface area contributed by atoms with Crippen molar-refractivity contribution in [2.45, 2.75) is 96.8 Å². The maximum absolute atomic E-state index is 11.6. The van der Waals surface area contributed by atoms with E-state index < -0.39 is 5.97 Å². The summed E-state index contributed by atoms with van der Waals surface area (Å²) < 4.78 is 0. The molecule has 5 heteroatoms. The number of unbranched alkanes of at least 4 members (excludes halogenated alkanes) is 12. The summed E-state index contributed by atoms with van der Waals surface area (Å²) in [5.41, 5.74) is 0. The van der Waals surface area contributed by atoms with Gasteiger partial charge in [0.1, 0.15) is 6.54 Å². The molecule has 0 radical (unpaired) electrons. The van der Waals surface area contributed by atoms with E-state index in [0.717, 1.165) is 12.8 Å². The fourth-order valence-electron chi connectivity index (χ4n) is 2.78. The van der Waals surface area contributed by atoms with Crippen LogP contribution in [0.15, 0.2) is 0 Å². The van der Waals surface area contributed by atoms with E-state index in [2.05, 4.69) is 6.92 Å². The van der Waals surface area contributed by atoms with Crippen molar-refractivity contribution in [2.75, 3.05) is 13.6 Å². The Kier molecular flexibility index (Phi) is 20.6. The number of nitrogens with zero attached hydrogens (tertiary/aromatic N) is 1. The standard InChI is InChI=1S/C19H37NO3.Mg.2H/c1-3-4-5-6-7-8-9-10-11-12-13-14-15-16-18(21)20(2)17-19(22)23;;;/h3-17H2,1-2H3,(H,22,23);;;/q;+2;2*-1. The molecule has 0 saturated carbocycles. The van der Waals surface area contributed by atoms with Crippen molar-refractivity contribution in [3.63, 3.8) is 0 Å². The molecule has 0 fully saturated rings. The molecule has 24 heavy (non-hydrogen) atoms. The number of rotatable bonds is 16. The van der Waals surface area contributed by atoms with Crippen LogP contribution in [-0.2, 0) is 9.59 Å². The van der Waals surface area contributed by atoms with Gasteiger partial charge in [-0.1, -0.05) is 84.0 Å². The molecule has 0 unspecified atom stereocenters. The van der Waals surface area contributed by atoms with Crippen LogP contribution in [0.2, 0.25) is 0 Å². The van der Waals surface area contributed by atoms with Crippen LogP contribution in [0.25, 0.3) is 0 Å². The maximum atomic E-state index is 11.6. The summed E-state index contributed by atoms with van der Waals surface area (Å²) in [6.07, 6.45) is 17.2. The minimum absolute atomic E-state index is 0. The molecular formula is C19H39MgNO3. The monoisotopic (exact) mass is 353 g/mol. The van der Waals surface area contributed by atoms with E-state index in [9.17, 15) is 9.59 Å². The number of hydrogen-bond donors (Lipinski definition) is 1. The second-order valence-electron chi connectivity index (χ2n) is 6.64. The fourth-order valence-corrected chi connectivity index (χ4v) is 2.78. The SMILES string of the molecule is CCCCCCCCCCCCCCCC(=O)N(C)CC(=O)O.[H-].[H-].[Mg+2]. The third-order valence-corrected chi connectivity index (χ3v) is 4.29. The van der Waals surface area contributed by atoms with E-state index in [1.165, 1.54) is 75.5 Å². The summed E-state index contributed by atoms with van der Waals surface area (Å²) in [6, 6.07) is 0. The molecule has 0 aromatic heterocycles. The number of amides is 1. The van der Waals surface area contributed by atoms with E-state index in [4.69, 9.17) is 5.11 Å². The van der Waals surface area contributed by atoms with E-state index in [-0.39, 0.29) is 38.4 Å². The molecule has 0 aromatic rings. The largest absolute Gasteiger partial charge is 2.00 e. The Bertz CT molecular complexity index is 321. The van der Waals surface area contributed by atoms with Gasteiger partial charge in [-0.25, -0.2) is 0 Å². The first kappa shape index (κ1) is 25.9. The number of likely N-dealkylation sites (N-methyl/N-ethyl adjacent to an activating group) is 1. The second-order valence-corrected chi connectivity index (χ2v) is 6.64. The van der Waals surface area contributed by atoms with Gasteiger partial charge >= 0.3 is 29.0 Å². The van der Waals surface area contributed by atoms with E-state index in [1.807, 2.05) is 0 Å². The number of carbonyl (C=O) groups is 2. The Morgan fingerprint density at radius 3 is 1.54 bits per heavy atom. The van der Waals surface area contributed by atoms with Gasteiger partial charge in [-0.15, -0.1) is 0 Å². The first-order valence-corrected chi connectivity index (χ1v) is 9.53. The average molecular weight is 354 g/mol. The minimum Gasteiger partial charge on any atom is -1.00 e. The van der Waals surface area contributed by atoms with Crippen LogP contribution in [0.4, 0.5) is 0 Å². The maximum Gasteiger partial charge on any atom is 2.00 e. The van der Waals surface area contributed by atoms with Crippen LogP contribution in [0.3, 0.4) is 0 Å². The Labute approximate surface area is 167 Å². The fraction of sp³-hybridized carbons (Fsp3) is 0.895. The van der Waals surface area contributed by atoms with Crippen molar-refractivity contribution in [3.8, 4) is 0 Å². The summed E-state index contributed by atoms with van der Waals surface area (Å²) >= 11 is 0. The zero-order valence-corrected chi connectivity index (χ0v) is 17.4. The molecule has 4 nitrogen and oxygen atoms in total. The van der Waals surface area contributed by atoms with Gasteiger partial charge in [-0.3, -0.25) is 9.59 Å². The van der Waals surface area contributed by atoms with Gasteiger partial charge in [0, 0.05) is 13.5 Å². The number of carboxylic acids is 1. The number of carbonyl (C=O) groups excluding carboxylic acids is 1. The normalized spacial score (nSPS) is 10.2. The summed E-state index contributed by atoms with van der Waals surface area (Å²) in [6.45, 7) is 2.06. The minimum atomic E-state index is -0.953. The van der Waals surface area contributed by atoms with Gasteiger partial charge in [0.05, 0.1) is 0 Å². The Balaban J connectivity index is -0.000000807. The zero-order chi connectivity index (χ0) is 17.3. The first-order valence-electron chi connectivity index (χ1n) is 9.53. The molecule has 0 atom stereocenters. The average Bonchev–Trinajstić information content (AvgIpc) is 2.51. The first-order chi connectivity index (χ1) is 11.1. The predicted molar refractivity (Wildman–Crippen MR) is 104 cm³/mol. The van der Waals surface area contributed by atoms with Crippen molar-refractivity contribution in [2.24, 2.45) is 0 Å². The second kappa shape index (κ2) is 19.0. The molecule has 0 bridgehead atoms. The van der Waals surface area contributed by atoms with Crippen molar-refractivity contribution in [1.29, 1.82) is 0 Å². The number of hydrogen-bond acceptors (Lipinski definition) is 2.